The number of nitrogens with two attached hydrogens (primary N) is 1. The van der Waals surface area contributed by atoms with Crippen molar-refractivity contribution in [1.82, 2.24) is 14.5 Å². The Hall–Kier alpha value is -2.43. The molecule has 0 aliphatic carbocycles. The molecule has 0 saturated carbocycles. The van der Waals surface area contributed by atoms with Crippen LogP contribution >= 0.6 is 0 Å². The predicted octanol–water partition coefficient (Wildman–Crippen LogP) is 2.76. The van der Waals surface area contributed by atoms with Crippen LogP contribution in [0.25, 0.3) is 11.0 Å². The molecule has 3 rings (SSSR count). The van der Waals surface area contributed by atoms with Gasteiger partial charge in [-0.1, -0.05) is 6.07 Å². The van der Waals surface area contributed by atoms with Crippen molar-refractivity contribution < 1.29 is 4.39 Å². The van der Waals surface area contributed by atoms with Crippen molar-refractivity contribution in [1.29, 1.82) is 0 Å². The van der Waals surface area contributed by atoms with E-state index in [2.05, 4.69) is 9.97 Å². The molecular formula is C14H13FN4. The van der Waals surface area contributed by atoms with Gasteiger partial charge in [0.1, 0.15) is 5.52 Å². The molecule has 0 spiro atoms. The second-order valence-electron chi connectivity index (χ2n) is 4.40. The molecule has 0 radical (unpaired) electrons. The summed E-state index contributed by atoms with van der Waals surface area (Å²) in [6.45, 7) is 2.00. The normalized spacial score (nSPS) is 12.7. The number of benzene rings is 1. The summed E-state index contributed by atoms with van der Waals surface area (Å²) in [6, 6.07) is 8.66. The van der Waals surface area contributed by atoms with Gasteiger partial charge in [0.25, 0.3) is 0 Å². The Morgan fingerprint density at radius 2 is 1.95 bits per heavy atom. The molecule has 0 amide bonds. The Bertz CT molecular complexity index is 721. The fourth-order valence-electron chi connectivity index (χ4n) is 2.30. The SMILES string of the molecule is CC(c1ccncc1)n1c(N)nc2c(F)cccc21. The lowest BCUT2D eigenvalue weighted by molar-refractivity contribution is 0.636. The van der Waals surface area contributed by atoms with Gasteiger partial charge in [-0.2, -0.15) is 0 Å². The summed E-state index contributed by atoms with van der Waals surface area (Å²) < 4.78 is 15.5. The van der Waals surface area contributed by atoms with Crippen LogP contribution in [0.1, 0.15) is 18.5 Å². The van der Waals surface area contributed by atoms with Crippen molar-refractivity contribution in [3.05, 3.63) is 54.1 Å². The highest BCUT2D eigenvalue weighted by atomic mass is 19.1. The summed E-state index contributed by atoms with van der Waals surface area (Å²) in [6.07, 6.45) is 3.45. The summed E-state index contributed by atoms with van der Waals surface area (Å²) in [5.74, 6) is -0.0470. The first-order valence-electron chi connectivity index (χ1n) is 6.00. The number of aromatic nitrogens is 3. The first-order valence-corrected chi connectivity index (χ1v) is 6.00. The van der Waals surface area contributed by atoms with E-state index in [0.717, 1.165) is 5.56 Å². The predicted molar refractivity (Wildman–Crippen MR) is 72.2 cm³/mol. The van der Waals surface area contributed by atoms with E-state index in [4.69, 9.17) is 5.73 Å². The minimum absolute atomic E-state index is 0.0326. The molecule has 2 aromatic heterocycles. The van der Waals surface area contributed by atoms with E-state index < -0.39 is 0 Å². The standard InChI is InChI=1S/C14H13FN4/c1-9(10-5-7-17-8-6-10)19-12-4-2-3-11(15)13(12)18-14(19)16/h2-9H,1H3,(H2,16,18). The van der Waals surface area contributed by atoms with Gasteiger partial charge < -0.3 is 10.3 Å². The first-order chi connectivity index (χ1) is 9.18. The van der Waals surface area contributed by atoms with Gasteiger partial charge in [-0.05, 0) is 36.8 Å². The summed E-state index contributed by atoms with van der Waals surface area (Å²) in [5.41, 5.74) is 7.98. The van der Waals surface area contributed by atoms with Gasteiger partial charge in [0.05, 0.1) is 11.6 Å². The molecule has 0 aliphatic heterocycles. The van der Waals surface area contributed by atoms with Crippen LogP contribution in [0.5, 0.6) is 0 Å². The topological polar surface area (TPSA) is 56.7 Å². The molecule has 2 N–H and O–H groups in total. The van der Waals surface area contributed by atoms with Crippen molar-refractivity contribution in [2.45, 2.75) is 13.0 Å². The van der Waals surface area contributed by atoms with E-state index in [1.54, 1.807) is 18.5 Å². The molecule has 0 saturated heterocycles. The molecule has 1 aromatic carbocycles. The molecule has 1 unspecified atom stereocenters. The molecule has 0 fully saturated rings. The smallest absolute Gasteiger partial charge is 0.201 e. The molecule has 0 aliphatic rings. The van der Waals surface area contributed by atoms with Crippen molar-refractivity contribution in [2.24, 2.45) is 0 Å². The molecule has 96 valence electrons. The van der Waals surface area contributed by atoms with E-state index in [-0.39, 0.29) is 11.9 Å². The van der Waals surface area contributed by atoms with Crippen LogP contribution in [0.3, 0.4) is 0 Å². The van der Waals surface area contributed by atoms with Crippen LogP contribution in [0.4, 0.5) is 10.3 Å². The number of pyridine rings is 1. The van der Waals surface area contributed by atoms with E-state index in [1.165, 1.54) is 6.07 Å². The maximum atomic E-state index is 13.7. The molecule has 19 heavy (non-hydrogen) atoms. The number of anilines is 1. The maximum absolute atomic E-state index is 13.7. The van der Waals surface area contributed by atoms with Crippen LogP contribution in [-0.4, -0.2) is 14.5 Å². The number of halogens is 1. The van der Waals surface area contributed by atoms with Crippen molar-refractivity contribution in [2.75, 3.05) is 5.73 Å². The lowest BCUT2D eigenvalue weighted by Gasteiger charge is -2.16. The summed E-state index contributed by atoms with van der Waals surface area (Å²) in [7, 11) is 0. The Morgan fingerprint density at radius 3 is 2.68 bits per heavy atom. The molecule has 3 aromatic rings. The van der Waals surface area contributed by atoms with Gasteiger partial charge in [-0.15, -0.1) is 0 Å². The van der Waals surface area contributed by atoms with Crippen LogP contribution < -0.4 is 5.73 Å². The highest BCUT2D eigenvalue weighted by molar-refractivity contribution is 5.79. The van der Waals surface area contributed by atoms with Gasteiger partial charge >= 0.3 is 0 Å². The van der Waals surface area contributed by atoms with Crippen molar-refractivity contribution in [3.8, 4) is 0 Å². The molecule has 0 bridgehead atoms. The first kappa shape index (κ1) is 11.6. The van der Waals surface area contributed by atoms with E-state index >= 15 is 0 Å². The average Bonchev–Trinajstić information content (AvgIpc) is 2.77. The minimum atomic E-state index is -0.357. The monoisotopic (exact) mass is 256 g/mol. The summed E-state index contributed by atoms with van der Waals surface area (Å²) >= 11 is 0. The Balaban J connectivity index is 2.20. The summed E-state index contributed by atoms with van der Waals surface area (Å²) in [4.78, 5) is 8.10. The zero-order valence-electron chi connectivity index (χ0n) is 10.4. The largest absolute Gasteiger partial charge is 0.369 e. The van der Waals surface area contributed by atoms with E-state index in [1.807, 2.05) is 29.7 Å². The van der Waals surface area contributed by atoms with Gasteiger partial charge in [-0.25, -0.2) is 9.37 Å². The van der Waals surface area contributed by atoms with Crippen LogP contribution in [0, 0.1) is 5.82 Å². The number of para-hydroxylation sites is 1. The number of fused-ring (bicyclic) bond motifs is 1. The summed E-state index contributed by atoms with van der Waals surface area (Å²) in [5, 5.41) is 0. The second-order valence-corrected chi connectivity index (χ2v) is 4.40. The number of hydrogen-bond acceptors (Lipinski definition) is 3. The Labute approximate surface area is 109 Å². The lowest BCUT2D eigenvalue weighted by atomic mass is 10.1. The molecule has 1 atom stereocenters. The van der Waals surface area contributed by atoms with Gasteiger partial charge in [0.2, 0.25) is 5.95 Å². The third-order valence-electron chi connectivity index (χ3n) is 3.27. The maximum Gasteiger partial charge on any atom is 0.201 e. The highest BCUT2D eigenvalue weighted by Crippen LogP contribution is 2.27. The van der Waals surface area contributed by atoms with Crippen LogP contribution in [0.15, 0.2) is 42.7 Å². The van der Waals surface area contributed by atoms with Gasteiger partial charge in [-0.3, -0.25) is 4.98 Å². The quantitative estimate of drug-likeness (QED) is 0.767. The molecule has 5 heteroatoms. The zero-order chi connectivity index (χ0) is 13.4. The van der Waals surface area contributed by atoms with Crippen molar-refractivity contribution >= 4 is 17.0 Å². The van der Waals surface area contributed by atoms with E-state index in [9.17, 15) is 4.39 Å². The van der Waals surface area contributed by atoms with Gasteiger partial charge in [0.15, 0.2) is 5.82 Å². The number of nitrogen functional groups attached to an aromatic ring is 1. The van der Waals surface area contributed by atoms with Gasteiger partial charge in [0, 0.05) is 12.4 Å². The molecular weight excluding hydrogens is 243 g/mol. The lowest BCUT2D eigenvalue weighted by Crippen LogP contribution is -2.10. The van der Waals surface area contributed by atoms with Crippen molar-refractivity contribution in [3.63, 3.8) is 0 Å². The van der Waals surface area contributed by atoms with E-state index in [0.29, 0.717) is 17.0 Å². The molecule has 4 nitrogen and oxygen atoms in total. The Kier molecular flexibility index (Phi) is 2.67. The zero-order valence-corrected chi connectivity index (χ0v) is 10.4. The van der Waals surface area contributed by atoms with Crippen LogP contribution in [-0.2, 0) is 0 Å². The fourth-order valence-corrected chi connectivity index (χ4v) is 2.30. The second kappa shape index (κ2) is 4.35. The third-order valence-corrected chi connectivity index (χ3v) is 3.27. The Morgan fingerprint density at radius 1 is 1.21 bits per heavy atom. The third kappa shape index (κ3) is 1.83. The minimum Gasteiger partial charge on any atom is -0.369 e. The number of imidazole rings is 1. The number of rotatable bonds is 2. The molecule has 2 heterocycles. The fraction of sp³-hybridized carbons (Fsp3) is 0.143. The number of nitrogens with zero attached hydrogens (tertiary/aromatic N) is 3. The average molecular weight is 256 g/mol. The highest BCUT2D eigenvalue weighted by Gasteiger charge is 2.17. The van der Waals surface area contributed by atoms with Crippen LogP contribution in [0.2, 0.25) is 0 Å². The number of hydrogen-bond donors (Lipinski definition) is 1.